The minimum atomic E-state index is -1.78. The minimum Gasteiger partial charge on any atom is -0.411 e. The Morgan fingerprint density at radius 1 is 0.650 bits per heavy atom. The molecule has 1 rings (SSSR count). The van der Waals surface area contributed by atoms with Crippen LogP contribution in [0.4, 0.5) is 0 Å². The van der Waals surface area contributed by atoms with E-state index in [9.17, 15) is 0 Å². The van der Waals surface area contributed by atoms with Crippen LogP contribution in [0.25, 0.3) is 0 Å². The highest BCUT2D eigenvalue weighted by atomic mass is 28.4. The first kappa shape index (κ1) is 17.6. The molecule has 20 heavy (non-hydrogen) atoms. The van der Waals surface area contributed by atoms with Crippen molar-refractivity contribution in [2.24, 2.45) is 0 Å². The highest BCUT2D eigenvalue weighted by Crippen LogP contribution is 2.11. The summed E-state index contributed by atoms with van der Waals surface area (Å²) in [5, 5.41) is 2.70. The van der Waals surface area contributed by atoms with Gasteiger partial charge in [-0.25, -0.2) is 0 Å². The van der Waals surface area contributed by atoms with E-state index in [0.717, 1.165) is 0 Å². The molecule has 4 heteroatoms. The number of benzene rings is 1. The van der Waals surface area contributed by atoms with Crippen LogP contribution in [0.1, 0.15) is 27.7 Å². The summed E-state index contributed by atoms with van der Waals surface area (Å²) in [6.07, 6.45) is 0.567. The number of hydrogen-bond donors (Lipinski definition) is 0. The largest absolute Gasteiger partial charge is 0.411 e. The molecule has 114 valence electrons. The third kappa shape index (κ3) is 4.84. The normalized spacial score (nSPS) is 13.3. The lowest BCUT2D eigenvalue weighted by Crippen LogP contribution is -2.50. The molecule has 0 aromatic heterocycles. The number of rotatable bonds is 6. The standard InChI is InChI=1S/C16H30O2Si2/c1-13(2)17-19(5,6)15-9-11-16(12-10-15)20(7,8)18-14(3)4/h9-14H,1-8H3. The highest BCUT2D eigenvalue weighted by Gasteiger charge is 2.29. The molecular weight excluding hydrogens is 280 g/mol. The molecule has 0 aliphatic carbocycles. The maximum atomic E-state index is 6.13. The molecule has 0 saturated carbocycles. The predicted molar refractivity (Wildman–Crippen MR) is 93.1 cm³/mol. The van der Waals surface area contributed by atoms with Gasteiger partial charge in [-0.05, 0) is 64.3 Å². The van der Waals surface area contributed by atoms with E-state index in [4.69, 9.17) is 8.85 Å². The Balaban J connectivity index is 2.94. The van der Waals surface area contributed by atoms with E-state index in [2.05, 4.69) is 78.1 Å². The van der Waals surface area contributed by atoms with Crippen molar-refractivity contribution in [3.63, 3.8) is 0 Å². The fraction of sp³-hybridized carbons (Fsp3) is 0.625. The van der Waals surface area contributed by atoms with Gasteiger partial charge < -0.3 is 8.85 Å². The van der Waals surface area contributed by atoms with Crippen molar-refractivity contribution in [2.75, 3.05) is 0 Å². The molecule has 1 aromatic rings. The summed E-state index contributed by atoms with van der Waals surface area (Å²) in [5.74, 6) is 0. The summed E-state index contributed by atoms with van der Waals surface area (Å²) in [6, 6.07) is 8.95. The molecule has 0 unspecified atom stereocenters. The minimum absolute atomic E-state index is 0.284. The van der Waals surface area contributed by atoms with Gasteiger partial charge in [-0.1, -0.05) is 24.3 Å². The van der Waals surface area contributed by atoms with E-state index in [0.29, 0.717) is 0 Å². The zero-order valence-electron chi connectivity index (χ0n) is 14.3. The topological polar surface area (TPSA) is 18.5 Å². The summed E-state index contributed by atoms with van der Waals surface area (Å²) in [7, 11) is -3.56. The highest BCUT2D eigenvalue weighted by molar-refractivity contribution is 6.86. The van der Waals surface area contributed by atoms with Crippen LogP contribution < -0.4 is 10.4 Å². The third-order valence-corrected chi connectivity index (χ3v) is 8.90. The van der Waals surface area contributed by atoms with Crippen molar-refractivity contribution in [2.45, 2.75) is 66.1 Å². The van der Waals surface area contributed by atoms with E-state index in [1.165, 1.54) is 10.4 Å². The zero-order chi connectivity index (χ0) is 15.6. The van der Waals surface area contributed by atoms with Crippen LogP contribution in [0.2, 0.25) is 26.2 Å². The monoisotopic (exact) mass is 310 g/mol. The first-order valence-electron chi connectivity index (χ1n) is 7.51. The van der Waals surface area contributed by atoms with Gasteiger partial charge in [0.15, 0.2) is 0 Å². The van der Waals surface area contributed by atoms with Crippen molar-refractivity contribution in [1.82, 2.24) is 0 Å². The van der Waals surface area contributed by atoms with Crippen molar-refractivity contribution < 1.29 is 8.85 Å². The van der Waals surface area contributed by atoms with Gasteiger partial charge in [0.05, 0.1) is 0 Å². The third-order valence-electron chi connectivity index (χ3n) is 3.34. The van der Waals surface area contributed by atoms with Gasteiger partial charge in [-0.3, -0.25) is 0 Å². The van der Waals surface area contributed by atoms with Crippen LogP contribution in [0.3, 0.4) is 0 Å². The first-order chi connectivity index (χ1) is 9.04. The quantitative estimate of drug-likeness (QED) is 0.750. The lowest BCUT2D eigenvalue weighted by Gasteiger charge is -2.28. The van der Waals surface area contributed by atoms with E-state index < -0.39 is 16.6 Å². The molecule has 0 N–H and O–H groups in total. The average Bonchev–Trinajstić information content (AvgIpc) is 2.25. The van der Waals surface area contributed by atoms with E-state index >= 15 is 0 Å². The van der Waals surface area contributed by atoms with E-state index in [-0.39, 0.29) is 12.2 Å². The summed E-state index contributed by atoms with van der Waals surface area (Å²) in [5.41, 5.74) is 0. The fourth-order valence-corrected chi connectivity index (χ4v) is 7.16. The van der Waals surface area contributed by atoms with Crippen LogP contribution in [0.15, 0.2) is 24.3 Å². The molecule has 0 atom stereocenters. The summed E-state index contributed by atoms with van der Waals surface area (Å²) in [4.78, 5) is 0. The average molecular weight is 311 g/mol. The molecule has 0 aliphatic rings. The molecule has 0 spiro atoms. The van der Waals surface area contributed by atoms with Gasteiger partial charge >= 0.3 is 0 Å². The summed E-state index contributed by atoms with van der Waals surface area (Å²) < 4.78 is 12.3. The summed E-state index contributed by atoms with van der Waals surface area (Å²) >= 11 is 0. The molecule has 0 heterocycles. The Kier molecular flexibility index (Phi) is 5.78. The van der Waals surface area contributed by atoms with Gasteiger partial charge in [-0.15, -0.1) is 0 Å². The molecule has 0 amide bonds. The van der Waals surface area contributed by atoms with Gasteiger partial charge in [0.25, 0.3) is 0 Å². The Hall–Kier alpha value is -0.426. The smallest absolute Gasteiger partial charge is 0.218 e. The predicted octanol–water partition coefficient (Wildman–Crippen LogP) is 3.36. The molecular formula is C16H30O2Si2. The maximum absolute atomic E-state index is 6.13. The molecule has 0 radical (unpaired) electrons. The lowest BCUT2D eigenvalue weighted by molar-refractivity contribution is 0.237. The van der Waals surface area contributed by atoms with Gasteiger partial charge in [0.1, 0.15) is 0 Å². The fourth-order valence-electron chi connectivity index (χ4n) is 2.59. The molecule has 0 fully saturated rings. The Morgan fingerprint density at radius 2 is 0.900 bits per heavy atom. The number of hydrogen-bond acceptors (Lipinski definition) is 2. The second-order valence-electron chi connectivity index (χ2n) is 6.93. The van der Waals surface area contributed by atoms with Crippen LogP contribution in [-0.2, 0) is 8.85 Å². The molecule has 0 aliphatic heterocycles. The Morgan fingerprint density at radius 3 is 1.10 bits per heavy atom. The molecule has 1 aromatic carbocycles. The van der Waals surface area contributed by atoms with Crippen molar-refractivity contribution >= 4 is 27.0 Å². The van der Waals surface area contributed by atoms with Crippen LogP contribution >= 0.6 is 0 Å². The van der Waals surface area contributed by atoms with Crippen molar-refractivity contribution in [3.05, 3.63) is 24.3 Å². The second-order valence-corrected chi connectivity index (χ2v) is 14.6. The van der Waals surface area contributed by atoms with Crippen LogP contribution in [0, 0.1) is 0 Å². The summed E-state index contributed by atoms with van der Waals surface area (Å²) in [6.45, 7) is 17.5. The maximum Gasteiger partial charge on any atom is 0.218 e. The van der Waals surface area contributed by atoms with Gasteiger partial charge in [-0.2, -0.15) is 0 Å². The van der Waals surface area contributed by atoms with Crippen LogP contribution in [-0.4, -0.2) is 28.8 Å². The van der Waals surface area contributed by atoms with E-state index in [1.807, 2.05) is 0 Å². The van der Waals surface area contributed by atoms with Crippen LogP contribution in [0.5, 0.6) is 0 Å². The van der Waals surface area contributed by atoms with Gasteiger partial charge in [0, 0.05) is 12.2 Å². The first-order valence-corrected chi connectivity index (χ1v) is 13.3. The Labute approximate surface area is 126 Å². The zero-order valence-corrected chi connectivity index (χ0v) is 16.3. The molecule has 2 nitrogen and oxygen atoms in total. The Bertz CT molecular complexity index is 382. The lowest BCUT2D eigenvalue weighted by atomic mass is 10.4. The van der Waals surface area contributed by atoms with E-state index in [1.54, 1.807) is 0 Å². The molecule has 0 bridgehead atoms. The molecule has 0 saturated heterocycles. The second kappa shape index (κ2) is 6.56. The van der Waals surface area contributed by atoms with Crippen molar-refractivity contribution in [3.8, 4) is 0 Å². The SMILES string of the molecule is CC(C)O[Si](C)(C)c1ccc([Si](C)(C)OC(C)C)cc1. The van der Waals surface area contributed by atoms with Gasteiger partial charge in [0.2, 0.25) is 16.6 Å². The van der Waals surface area contributed by atoms with Crippen molar-refractivity contribution in [1.29, 1.82) is 0 Å².